The van der Waals surface area contributed by atoms with Gasteiger partial charge in [-0.1, -0.05) is 0 Å². The van der Waals surface area contributed by atoms with Crippen molar-refractivity contribution in [2.75, 3.05) is 5.73 Å². The number of nitrogens with two attached hydrogens (primary N) is 1. The number of hydrogen-bond acceptors (Lipinski definition) is 3. The largest absolute Gasteiger partial charge is 0.369 e. The van der Waals surface area contributed by atoms with Gasteiger partial charge in [0.2, 0.25) is 5.95 Å². The monoisotopic (exact) mass is 259 g/mol. The number of nitrogens with zero attached hydrogens (tertiary/aromatic N) is 4. The van der Waals surface area contributed by atoms with Crippen molar-refractivity contribution in [2.24, 2.45) is 7.05 Å². The van der Waals surface area contributed by atoms with Crippen molar-refractivity contribution in [1.82, 2.24) is 19.3 Å². The number of rotatable bonds is 1. The van der Waals surface area contributed by atoms with E-state index in [0.29, 0.717) is 11.6 Å². The molecule has 2 heterocycles. The van der Waals surface area contributed by atoms with Gasteiger partial charge in [-0.15, -0.1) is 0 Å². The lowest BCUT2D eigenvalue weighted by Gasteiger charge is -2.08. The van der Waals surface area contributed by atoms with Gasteiger partial charge in [0.15, 0.2) is 5.65 Å². The third-order valence-corrected chi connectivity index (χ3v) is 3.11. The topological polar surface area (TPSA) is 61.7 Å². The highest BCUT2D eigenvalue weighted by Gasteiger charge is 2.17. The molecule has 0 aliphatic carbocycles. The van der Waals surface area contributed by atoms with E-state index in [0.717, 1.165) is 22.4 Å². The molecule has 6 heteroatoms. The average Bonchev–Trinajstić information content (AvgIpc) is 2.76. The second kappa shape index (κ2) is 3.81. The van der Waals surface area contributed by atoms with Gasteiger partial charge in [0.1, 0.15) is 11.3 Å². The lowest BCUT2D eigenvalue weighted by Crippen LogP contribution is -2.05. The van der Waals surface area contributed by atoms with Crippen LogP contribution in [0.15, 0.2) is 18.2 Å². The van der Waals surface area contributed by atoms with E-state index in [-0.39, 0.29) is 5.82 Å². The van der Waals surface area contributed by atoms with Gasteiger partial charge in [0, 0.05) is 7.05 Å². The maximum absolute atomic E-state index is 13.6. The van der Waals surface area contributed by atoms with Crippen molar-refractivity contribution in [1.29, 1.82) is 0 Å². The molecule has 0 aliphatic rings. The van der Waals surface area contributed by atoms with Crippen LogP contribution in [0.3, 0.4) is 0 Å². The molecular weight excluding hydrogens is 245 g/mol. The summed E-state index contributed by atoms with van der Waals surface area (Å²) in [4.78, 5) is 4.30. The van der Waals surface area contributed by atoms with Gasteiger partial charge in [-0.2, -0.15) is 5.10 Å². The molecule has 3 rings (SSSR count). The third-order valence-electron chi connectivity index (χ3n) is 3.11. The molecule has 0 aliphatic heterocycles. The van der Waals surface area contributed by atoms with Gasteiger partial charge in [-0.3, -0.25) is 4.57 Å². The normalized spacial score (nSPS) is 11.4. The Hall–Kier alpha value is -2.37. The summed E-state index contributed by atoms with van der Waals surface area (Å²) in [5.41, 5.74) is 9.74. The summed E-state index contributed by atoms with van der Waals surface area (Å²) in [6.45, 7) is 3.71. The summed E-state index contributed by atoms with van der Waals surface area (Å²) >= 11 is 0. The summed E-state index contributed by atoms with van der Waals surface area (Å²) in [6, 6.07) is 4.78. The second-order valence-corrected chi connectivity index (χ2v) is 4.67. The predicted molar refractivity (Wildman–Crippen MR) is 71.7 cm³/mol. The summed E-state index contributed by atoms with van der Waals surface area (Å²) in [5, 5.41) is 4.31. The van der Waals surface area contributed by atoms with Crippen molar-refractivity contribution in [3.63, 3.8) is 0 Å². The van der Waals surface area contributed by atoms with Crippen LogP contribution in [0.25, 0.3) is 16.9 Å². The molecule has 0 radical (unpaired) electrons. The Morgan fingerprint density at radius 2 is 1.95 bits per heavy atom. The maximum atomic E-state index is 13.6. The van der Waals surface area contributed by atoms with Crippen molar-refractivity contribution in [3.8, 4) is 5.69 Å². The molecule has 5 nitrogen and oxygen atoms in total. The summed E-state index contributed by atoms with van der Waals surface area (Å²) < 4.78 is 17.0. The van der Waals surface area contributed by atoms with Gasteiger partial charge < -0.3 is 5.73 Å². The molecule has 2 aromatic heterocycles. The Morgan fingerprint density at radius 3 is 2.63 bits per heavy atom. The molecule has 0 saturated heterocycles. The first-order chi connectivity index (χ1) is 8.97. The van der Waals surface area contributed by atoms with E-state index in [2.05, 4.69) is 10.1 Å². The third kappa shape index (κ3) is 1.68. The highest BCUT2D eigenvalue weighted by molar-refractivity contribution is 5.80. The van der Waals surface area contributed by atoms with E-state index in [4.69, 9.17) is 5.73 Å². The van der Waals surface area contributed by atoms with Crippen molar-refractivity contribution >= 4 is 17.1 Å². The van der Waals surface area contributed by atoms with Crippen LogP contribution in [-0.4, -0.2) is 19.3 Å². The van der Waals surface area contributed by atoms with Gasteiger partial charge in [0.05, 0.1) is 11.4 Å². The number of nitrogen functional groups attached to an aromatic ring is 1. The number of benzene rings is 1. The van der Waals surface area contributed by atoms with Crippen LogP contribution in [0.4, 0.5) is 10.3 Å². The van der Waals surface area contributed by atoms with Crippen LogP contribution in [-0.2, 0) is 7.05 Å². The molecule has 0 fully saturated rings. The summed E-state index contributed by atoms with van der Waals surface area (Å²) in [7, 11) is 1.82. The smallest absolute Gasteiger partial charge is 0.207 e. The number of fused-ring (bicyclic) bond motifs is 1. The zero-order valence-electron chi connectivity index (χ0n) is 11.0. The Bertz CT molecular complexity index is 764. The summed E-state index contributed by atoms with van der Waals surface area (Å²) in [6.07, 6.45) is 0. The number of aromatic nitrogens is 4. The van der Waals surface area contributed by atoms with Crippen LogP contribution in [0, 0.1) is 19.7 Å². The fourth-order valence-corrected chi connectivity index (χ4v) is 2.39. The number of anilines is 1. The van der Waals surface area contributed by atoms with E-state index < -0.39 is 0 Å². The fourth-order valence-electron chi connectivity index (χ4n) is 2.39. The lowest BCUT2D eigenvalue weighted by molar-refractivity contribution is 0.625. The first-order valence-corrected chi connectivity index (χ1v) is 5.92. The highest BCUT2D eigenvalue weighted by Crippen LogP contribution is 2.25. The minimum atomic E-state index is -0.296. The molecule has 0 amide bonds. The van der Waals surface area contributed by atoms with Crippen molar-refractivity contribution in [2.45, 2.75) is 13.8 Å². The molecule has 0 unspecified atom stereocenters. The molecular formula is C13H14FN5. The van der Waals surface area contributed by atoms with Crippen LogP contribution in [0.1, 0.15) is 11.3 Å². The number of imidazole rings is 1. The molecule has 0 atom stereocenters. The van der Waals surface area contributed by atoms with Crippen molar-refractivity contribution < 1.29 is 4.39 Å². The van der Waals surface area contributed by atoms with Crippen LogP contribution >= 0.6 is 0 Å². The quantitative estimate of drug-likeness (QED) is 0.728. The van der Waals surface area contributed by atoms with Crippen molar-refractivity contribution in [3.05, 3.63) is 35.3 Å². The first kappa shape index (κ1) is 11.7. The molecule has 19 heavy (non-hydrogen) atoms. The van der Waals surface area contributed by atoms with E-state index in [1.807, 2.05) is 27.0 Å². The zero-order chi connectivity index (χ0) is 13.7. The molecule has 0 spiro atoms. The van der Waals surface area contributed by atoms with Crippen LogP contribution in [0.2, 0.25) is 0 Å². The SMILES string of the molecule is Cc1cc(F)cc(-n2c(N)nc3c(C)nn(C)c32)c1. The molecule has 98 valence electrons. The van der Waals surface area contributed by atoms with Crippen LogP contribution < -0.4 is 5.73 Å². The van der Waals surface area contributed by atoms with Gasteiger partial charge in [-0.05, 0) is 37.6 Å². The van der Waals surface area contributed by atoms with Gasteiger partial charge in [-0.25, -0.2) is 14.1 Å². The molecule has 2 N–H and O–H groups in total. The first-order valence-electron chi connectivity index (χ1n) is 5.92. The Balaban J connectivity index is 2.38. The zero-order valence-corrected chi connectivity index (χ0v) is 11.0. The standard InChI is InChI=1S/C13H14FN5/c1-7-4-9(14)6-10(5-7)19-12-11(16-13(19)15)8(2)17-18(12)3/h4-6H,1-3H3,(H2,15,16). The van der Waals surface area contributed by atoms with E-state index in [1.54, 1.807) is 9.25 Å². The predicted octanol–water partition coefficient (Wildman–Crippen LogP) is 2.10. The minimum Gasteiger partial charge on any atom is -0.369 e. The molecule has 0 bridgehead atoms. The average molecular weight is 259 g/mol. The molecule has 1 aromatic carbocycles. The summed E-state index contributed by atoms with van der Waals surface area (Å²) in [5.74, 6) is 0.0336. The molecule has 0 saturated carbocycles. The molecule has 3 aromatic rings. The Labute approximate surface area is 109 Å². The van der Waals surface area contributed by atoms with E-state index in [9.17, 15) is 4.39 Å². The van der Waals surface area contributed by atoms with Crippen LogP contribution in [0.5, 0.6) is 0 Å². The van der Waals surface area contributed by atoms with Gasteiger partial charge in [0.25, 0.3) is 0 Å². The second-order valence-electron chi connectivity index (χ2n) is 4.67. The van der Waals surface area contributed by atoms with E-state index in [1.165, 1.54) is 12.1 Å². The Morgan fingerprint density at radius 1 is 1.21 bits per heavy atom. The van der Waals surface area contributed by atoms with Gasteiger partial charge >= 0.3 is 0 Å². The number of hydrogen-bond donors (Lipinski definition) is 1. The maximum Gasteiger partial charge on any atom is 0.207 e. The fraction of sp³-hybridized carbons (Fsp3) is 0.231. The number of halogens is 1. The lowest BCUT2D eigenvalue weighted by atomic mass is 10.2. The Kier molecular flexibility index (Phi) is 2.35. The van der Waals surface area contributed by atoms with E-state index >= 15 is 0 Å². The number of aryl methyl sites for hydroxylation is 3. The minimum absolute atomic E-state index is 0.296. The highest BCUT2D eigenvalue weighted by atomic mass is 19.1.